The Balaban J connectivity index is 0.975. The highest BCUT2D eigenvalue weighted by molar-refractivity contribution is 6.09. The lowest BCUT2D eigenvalue weighted by Gasteiger charge is -2.35. The molecule has 2 nitrogen and oxygen atoms in total. The molecule has 1 aromatic heterocycles. The van der Waals surface area contributed by atoms with Crippen LogP contribution in [-0.4, -0.2) is 4.57 Å². The van der Waals surface area contributed by atoms with E-state index in [1.165, 1.54) is 88.6 Å². The lowest BCUT2D eigenvalue weighted by Crippen LogP contribution is -2.28. The smallest absolute Gasteiger partial charge is 0.0713 e. The highest BCUT2D eigenvalue weighted by Crippen LogP contribution is 2.57. The molecule has 0 atom stereocenters. The number of nitrogens with zero attached hydrogens (tertiary/aromatic N) is 2. The van der Waals surface area contributed by atoms with Gasteiger partial charge in [0.15, 0.2) is 0 Å². The second-order valence-electron chi connectivity index (χ2n) is 18.5. The van der Waals surface area contributed by atoms with Crippen LogP contribution < -0.4 is 4.90 Å². The van der Waals surface area contributed by atoms with Crippen molar-refractivity contribution < 1.29 is 0 Å². The summed E-state index contributed by atoms with van der Waals surface area (Å²) in [5.41, 5.74) is 21.7. The number of aromatic nitrogens is 1. The molecule has 0 amide bonds. The third-order valence-corrected chi connectivity index (χ3v) is 14.7. The summed E-state index contributed by atoms with van der Waals surface area (Å²) in [5, 5.41) is 2.53. The number of rotatable bonds is 7. The van der Waals surface area contributed by atoms with E-state index in [0.29, 0.717) is 0 Å². The van der Waals surface area contributed by atoms with E-state index < -0.39 is 5.41 Å². The summed E-state index contributed by atoms with van der Waals surface area (Å²) < 4.78 is 2.41. The van der Waals surface area contributed by atoms with Crippen LogP contribution in [0.3, 0.4) is 0 Å². The number of benzene rings is 10. The zero-order chi connectivity index (χ0) is 44.0. The predicted molar refractivity (Wildman–Crippen MR) is 276 cm³/mol. The molecule has 66 heavy (non-hydrogen) atoms. The molecule has 13 rings (SSSR count). The SMILES string of the molecule is CC1(C)c2ccccc2-c2ccc(N(c3ccc(-c4ccccc4)cc3)c3ccc(C4(c5ccc(-n6c7ccccc7c7ccccc76)cc5)c5ccccc5-c5ccccc54)cc3)cc21. The quantitative estimate of drug-likeness (QED) is 0.155. The summed E-state index contributed by atoms with van der Waals surface area (Å²) >= 11 is 0. The van der Waals surface area contributed by atoms with Crippen molar-refractivity contribution in [3.8, 4) is 39.1 Å². The number of hydrogen-bond acceptors (Lipinski definition) is 1. The molecule has 0 saturated carbocycles. The molecule has 0 bridgehead atoms. The van der Waals surface area contributed by atoms with E-state index in [1.807, 2.05) is 0 Å². The Morgan fingerprint density at radius 2 is 0.758 bits per heavy atom. The summed E-state index contributed by atoms with van der Waals surface area (Å²) in [6.45, 7) is 4.73. The molecular weight excluding hydrogens is 797 g/mol. The van der Waals surface area contributed by atoms with Crippen LogP contribution in [0.2, 0.25) is 0 Å². The van der Waals surface area contributed by atoms with Gasteiger partial charge in [0.2, 0.25) is 0 Å². The Kier molecular flexibility index (Phi) is 8.51. The number of para-hydroxylation sites is 2. The van der Waals surface area contributed by atoms with Crippen LogP contribution >= 0.6 is 0 Å². The van der Waals surface area contributed by atoms with Gasteiger partial charge in [-0.15, -0.1) is 0 Å². The molecule has 10 aromatic carbocycles. The van der Waals surface area contributed by atoms with Crippen molar-refractivity contribution in [3.05, 3.63) is 276 Å². The summed E-state index contributed by atoms with van der Waals surface area (Å²) in [7, 11) is 0. The van der Waals surface area contributed by atoms with Gasteiger partial charge in [-0.25, -0.2) is 0 Å². The van der Waals surface area contributed by atoms with Crippen LogP contribution in [0.15, 0.2) is 243 Å². The van der Waals surface area contributed by atoms with Crippen molar-refractivity contribution in [1.29, 1.82) is 0 Å². The Morgan fingerprint density at radius 3 is 1.35 bits per heavy atom. The topological polar surface area (TPSA) is 8.17 Å². The lowest BCUT2D eigenvalue weighted by atomic mass is 9.67. The Labute approximate surface area is 386 Å². The fraction of sp³-hybridized carbons (Fsp3) is 0.0625. The molecule has 0 aliphatic heterocycles. The van der Waals surface area contributed by atoms with Crippen molar-refractivity contribution in [2.24, 2.45) is 0 Å². The van der Waals surface area contributed by atoms with Crippen LogP contribution in [0.4, 0.5) is 17.1 Å². The summed E-state index contributed by atoms with van der Waals surface area (Å²) in [6.07, 6.45) is 0. The fourth-order valence-corrected chi connectivity index (χ4v) is 11.7. The van der Waals surface area contributed by atoms with Crippen molar-refractivity contribution in [2.45, 2.75) is 24.7 Å². The highest BCUT2D eigenvalue weighted by Gasteiger charge is 2.46. The highest BCUT2D eigenvalue weighted by atomic mass is 15.1. The molecule has 0 radical (unpaired) electrons. The van der Waals surface area contributed by atoms with E-state index >= 15 is 0 Å². The van der Waals surface area contributed by atoms with E-state index in [1.54, 1.807) is 0 Å². The van der Waals surface area contributed by atoms with Gasteiger partial charge in [0.25, 0.3) is 0 Å². The maximum atomic E-state index is 2.43. The first-order valence-corrected chi connectivity index (χ1v) is 23.1. The number of anilines is 3. The molecule has 11 aromatic rings. The third-order valence-electron chi connectivity index (χ3n) is 14.7. The Hall–Kier alpha value is -8.20. The predicted octanol–water partition coefficient (Wildman–Crippen LogP) is 16.6. The monoisotopic (exact) mass is 842 g/mol. The van der Waals surface area contributed by atoms with Crippen LogP contribution in [0.5, 0.6) is 0 Å². The molecule has 1 heterocycles. The Morgan fingerprint density at radius 1 is 0.333 bits per heavy atom. The second-order valence-corrected chi connectivity index (χ2v) is 18.5. The van der Waals surface area contributed by atoms with Gasteiger partial charge in [-0.3, -0.25) is 0 Å². The first kappa shape index (κ1) is 38.3. The van der Waals surface area contributed by atoms with Crippen LogP contribution in [0.1, 0.15) is 47.2 Å². The molecule has 0 spiro atoms. The van der Waals surface area contributed by atoms with Gasteiger partial charge in [-0.1, -0.05) is 196 Å². The normalized spacial score (nSPS) is 13.8. The van der Waals surface area contributed by atoms with Gasteiger partial charge in [0.1, 0.15) is 0 Å². The first-order chi connectivity index (χ1) is 32.5. The van der Waals surface area contributed by atoms with Crippen LogP contribution in [0, 0.1) is 0 Å². The van der Waals surface area contributed by atoms with Gasteiger partial charge >= 0.3 is 0 Å². The first-order valence-electron chi connectivity index (χ1n) is 23.1. The van der Waals surface area contributed by atoms with Gasteiger partial charge < -0.3 is 9.47 Å². The largest absolute Gasteiger partial charge is 0.310 e. The fourth-order valence-electron chi connectivity index (χ4n) is 11.7. The standard InChI is InChI=1S/C64H46N2/c1-63(2)57-23-11-6-18-51(57)54-41-40-50(42-60(54)63)65(47-34-28-44(29-35-47)43-16-4-3-5-17-43)48-36-30-45(31-37-48)64(58-24-12-7-19-52(58)53-20-8-13-25-59(53)64)46-32-38-49(39-33-46)66-61-26-14-9-21-55(61)56-22-10-15-27-62(56)66/h3-42H,1-2H3. The van der Waals surface area contributed by atoms with Gasteiger partial charge in [-0.2, -0.15) is 0 Å². The van der Waals surface area contributed by atoms with Gasteiger partial charge in [0, 0.05) is 38.9 Å². The van der Waals surface area contributed by atoms with E-state index in [2.05, 4.69) is 266 Å². The van der Waals surface area contributed by atoms with Crippen LogP contribution in [0.25, 0.3) is 60.9 Å². The molecule has 2 aliphatic carbocycles. The summed E-state index contributed by atoms with van der Waals surface area (Å²) in [5.74, 6) is 0. The molecule has 312 valence electrons. The van der Waals surface area contributed by atoms with Crippen molar-refractivity contribution in [3.63, 3.8) is 0 Å². The zero-order valence-electron chi connectivity index (χ0n) is 37.0. The van der Waals surface area contributed by atoms with E-state index in [0.717, 1.165) is 22.7 Å². The molecule has 0 fully saturated rings. The minimum atomic E-state index is -0.545. The molecular formula is C64H46N2. The maximum absolute atomic E-state index is 2.43. The van der Waals surface area contributed by atoms with Crippen molar-refractivity contribution in [2.75, 3.05) is 4.90 Å². The molecule has 0 N–H and O–H groups in total. The van der Waals surface area contributed by atoms with E-state index in [-0.39, 0.29) is 5.41 Å². The van der Waals surface area contributed by atoms with Crippen LogP contribution in [-0.2, 0) is 10.8 Å². The molecule has 2 aliphatic rings. The minimum Gasteiger partial charge on any atom is -0.310 e. The zero-order valence-corrected chi connectivity index (χ0v) is 37.0. The third kappa shape index (κ3) is 5.55. The Bertz CT molecular complexity index is 3550. The van der Waals surface area contributed by atoms with E-state index in [4.69, 9.17) is 0 Å². The summed E-state index contributed by atoms with van der Waals surface area (Å²) in [6, 6.07) is 90.0. The summed E-state index contributed by atoms with van der Waals surface area (Å²) in [4.78, 5) is 2.43. The maximum Gasteiger partial charge on any atom is 0.0713 e. The second kappa shape index (κ2) is 14.7. The van der Waals surface area contributed by atoms with Crippen molar-refractivity contribution in [1.82, 2.24) is 4.57 Å². The van der Waals surface area contributed by atoms with Gasteiger partial charge in [-0.05, 0) is 127 Å². The average molecular weight is 843 g/mol. The minimum absolute atomic E-state index is 0.124. The van der Waals surface area contributed by atoms with Crippen molar-refractivity contribution >= 4 is 38.9 Å². The average Bonchev–Trinajstić information content (AvgIpc) is 3.96. The van der Waals surface area contributed by atoms with E-state index in [9.17, 15) is 0 Å². The number of hydrogen-bond donors (Lipinski definition) is 0. The number of fused-ring (bicyclic) bond motifs is 9. The molecule has 0 unspecified atom stereocenters. The van der Waals surface area contributed by atoms with Gasteiger partial charge in [0.05, 0.1) is 16.4 Å². The molecule has 2 heteroatoms. The lowest BCUT2D eigenvalue weighted by molar-refractivity contribution is 0.660. The molecule has 0 saturated heterocycles.